The maximum atomic E-state index is 13.8. The van der Waals surface area contributed by atoms with E-state index in [0.29, 0.717) is 11.1 Å². The number of nitrogens with zero attached hydrogens (tertiary/aromatic N) is 1. The lowest BCUT2D eigenvalue weighted by molar-refractivity contribution is -0.265. The predicted octanol–water partition coefficient (Wildman–Crippen LogP) is 3.36. The Bertz CT molecular complexity index is 959. The molecule has 5 nitrogen and oxygen atoms in total. The van der Waals surface area contributed by atoms with E-state index >= 15 is 0 Å². The molecule has 2 heterocycles. The number of aromatic nitrogens is 1. The van der Waals surface area contributed by atoms with Gasteiger partial charge >= 0.3 is 6.18 Å². The zero-order chi connectivity index (χ0) is 21.6. The molecule has 0 bridgehead atoms. The number of fused-ring (bicyclic) bond motifs is 1. The van der Waals surface area contributed by atoms with E-state index in [1.54, 1.807) is 13.8 Å². The molecule has 29 heavy (non-hydrogen) atoms. The average molecular weight is 412 g/mol. The van der Waals surface area contributed by atoms with Gasteiger partial charge in [0.15, 0.2) is 0 Å². The number of halogens is 4. The van der Waals surface area contributed by atoms with Gasteiger partial charge < -0.3 is 15.2 Å². The van der Waals surface area contributed by atoms with Crippen molar-refractivity contribution in [3.63, 3.8) is 0 Å². The van der Waals surface area contributed by atoms with Crippen molar-refractivity contribution in [3.8, 4) is 17.0 Å². The highest BCUT2D eigenvalue weighted by Crippen LogP contribution is 2.47. The number of rotatable bonds is 5. The van der Waals surface area contributed by atoms with Crippen molar-refractivity contribution in [2.75, 3.05) is 13.2 Å². The summed E-state index contributed by atoms with van der Waals surface area (Å²) in [5.41, 5.74) is -3.57. The molecule has 1 aromatic carbocycles. The van der Waals surface area contributed by atoms with Crippen LogP contribution in [0.1, 0.15) is 30.7 Å². The van der Waals surface area contributed by atoms with Crippen molar-refractivity contribution in [1.29, 1.82) is 0 Å². The topological polar surface area (TPSA) is 71.5 Å². The minimum absolute atomic E-state index is 0.0694. The Morgan fingerprint density at radius 3 is 2.59 bits per heavy atom. The number of alkyl halides is 3. The third kappa shape index (κ3) is 3.55. The first-order valence-corrected chi connectivity index (χ1v) is 8.82. The number of aryl methyl sites for hydroxylation is 1. The summed E-state index contributed by atoms with van der Waals surface area (Å²) in [6.07, 6.45) is -5.04. The Morgan fingerprint density at radius 1 is 1.31 bits per heavy atom. The van der Waals surface area contributed by atoms with E-state index in [-0.39, 0.29) is 30.0 Å². The van der Waals surface area contributed by atoms with Gasteiger partial charge in [-0.25, -0.2) is 9.37 Å². The Balaban J connectivity index is 2.29. The fourth-order valence-corrected chi connectivity index (χ4v) is 3.24. The maximum Gasteiger partial charge on any atom is 0.424 e. The molecule has 2 N–H and O–H groups in total. The molecule has 0 saturated carbocycles. The van der Waals surface area contributed by atoms with E-state index < -0.39 is 35.2 Å². The van der Waals surface area contributed by atoms with Crippen molar-refractivity contribution in [3.05, 3.63) is 46.9 Å². The second kappa shape index (κ2) is 6.98. The second-order valence-corrected chi connectivity index (χ2v) is 7.73. The van der Waals surface area contributed by atoms with Gasteiger partial charge in [0.05, 0.1) is 18.8 Å². The van der Waals surface area contributed by atoms with Crippen LogP contribution in [0.2, 0.25) is 0 Å². The quantitative estimate of drug-likeness (QED) is 0.584. The van der Waals surface area contributed by atoms with Crippen LogP contribution in [-0.2, 0) is 15.8 Å². The molecule has 0 aliphatic carbocycles. The summed E-state index contributed by atoms with van der Waals surface area (Å²) in [4.78, 5) is 14.7. The molecule has 0 saturated heterocycles. The van der Waals surface area contributed by atoms with Gasteiger partial charge in [0.1, 0.15) is 17.3 Å². The summed E-state index contributed by atoms with van der Waals surface area (Å²) in [5.74, 6) is -0.178. The molecular formula is C20H20F4N2O3. The van der Waals surface area contributed by atoms with Gasteiger partial charge in [-0.1, -0.05) is 13.8 Å². The van der Waals surface area contributed by atoms with Crippen LogP contribution in [0.15, 0.2) is 24.3 Å². The van der Waals surface area contributed by atoms with Crippen molar-refractivity contribution >= 4 is 6.41 Å². The minimum atomic E-state index is -5.11. The number of aliphatic hydroxyl groups is 1. The zero-order valence-corrected chi connectivity index (χ0v) is 16.0. The summed E-state index contributed by atoms with van der Waals surface area (Å²) >= 11 is 0. The van der Waals surface area contributed by atoms with Gasteiger partial charge in [-0.05, 0) is 36.8 Å². The van der Waals surface area contributed by atoms with Crippen LogP contribution < -0.4 is 10.1 Å². The molecule has 9 heteroatoms. The van der Waals surface area contributed by atoms with Crippen LogP contribution in [0.25, 0.3) is 11.3 Å². The number of benzene rings is 1. The third-order valence-electron chi connectivity index (χ3n) is 5.04. The molecule has 156 valence electrons. The summed E-state index contributed by atoms with van der Waals surface area (Å²) in [5, 5.41) is 12.4. The number of carbonyl (C=O) groups excluding carboxylic acids is 1. The molecule has 0 radical (unpaired) electrons. The van der Waals surface area contributed by atoms with Crippen LogP contribution in [-0.4, -0.2) is 35.8 Å². The predicted molar refractivity (Wildman–Crippen MR) is 96.9 cm³/mol. The van der Waals surface area contributed by atoms with E-state index in [4.69, 9.17) is 4.74 Å². The average Bonchev–Trinajstić information content (AvgIpc) is 2.95. The van der Waals surface area contributed by atoms with Crippen molar-refractivity contribution in [1.82, 2.24) is 10.3 Å². The van der Waals surface area contributed by atoms with Crippen LogP contribution in [0.4, 0.5) is 17.6 Å². The SMILES string of the molecule is Cc1cc(-c2nc(C(O)(CNC=O)C(F)(F)F)cc3c2OCC3(C)C)ccc1F. The van der Waals surface area contributed by atoms with E-state index in [2.05, 4.69) is 4.98 Å². The number of pyridine rings is 1. The molecule has 2 aromatic rings. The molecule has 1 amide bonds. The lowest BCUT2D eigenvalue weighted by Gasteiger charge is -2.31. The van der Waals surface area contributed by atoms with Gasteiger partial charge in [0.25, 0.3) is 0 Å². The Morgan fingerprint density at radius 2 is 2.00 bits per heavy atom. The van der Waals surface area contributed by atoms with E-state index in [1.165, 1.54) is 25.1 Å². The second-order valence-electron chi connectivity index (χ2n) is 7.73. The molecule has 0 spiro atoms. The maximum absolute atomic E-state index is 13.8. The van der Waals surface area contributed by atoms with E-state index in [0.717, 1.165) is 6.07 Å². The smallest absolute Gasteiger partial charge is 0.424 e. The largest absolute Gasteiger partial charge is 0.490 e. The monoisotopic (exact) mass is 412 g/mol. The van der Waals surface area contributed by atoms with Crippen LogP contribution in [0.3, 0.4) is 0 Å². The summed E-state index contributed by atoms with van der Waals surface area (Å²) in [6, 6.07) is 5.18. The van der Waals surface area contributed by atoms with Gasteiger partial charge in [0, 0.05) is 16.5 Å². The standard InChI is InChI=1S/C20H20F4N2O3/c1-11-6-12(4-5-14(11)21)16-17-13(18(2,3)9-29-17)7-15(26-16)19(28,8-25-10-27)20(22,23)24/h4-7,10,28H,8-9H2,1-3H3,(H,25,27). The van der Waals surface area contributed by atoms with Crippen LogP contribution >= 0.6 is 0 Å². The highest BCUT2D eigenvalue weighted by molar-refractivity contribution is 5.71. The molecule has 1 aliphatic rings. The van der Waals surface area contributed by atoms with E-state index in [9.17, 15) is 27.5 Å². The first kappa shape index (κ1) is 21.0. The Labute approximate surface area is 164 Å². The summed E-state index contributed by atoms with van der Waals surface area (Å²) in [7, 11) is 0. The van der Waals surface area contributed by atoms with Crippen molar-refractivity contribution in [2.45, 2.75) is 38.0 Å². The van der Waals surface area contributed by atoms with Crippen LogP contribution in [0, 0.1) is 12.7 Å². The van der Waals surface area contributed by atoms with Gasteiger partial charge in [-0.2, -0.15) is 13.2 Å². The number of carbonyl (C=O) groups is 1. The Hall–Kier alpha value is -2.68. The fourth-order valence-electron chi connectivity index (χ4n) is 3.24. The van der Waals surface area contributed by atoms with Crippen molar-refractivity contribution in [2.24, 2.45) is 0 Å². The first-order chi connectivity index (χ1) is 13.4. The zero-order valence-electron chi connectivity index (χ0n) is 16.0. The number of hydrogen-bond donors (Lipinski definition) is 2. The highest BCUT2D eigenvalue weighted by atomic mass is 19.4. The molecule has 0 fully saturated rings. The lowest BCUT2D eigenvalue weighted by Crippen LogP contribution is -2.50. The molecule has 1 aliphatic heterocycles. The highest BCUT2D eigenvalue weighted by Gasteiger charge is 2.57. The fraction of sp³-hybridized carbons (Fsp3) is 0.400. The molecular weight excluding hydrogens is 392 g/mol. The number of hydrogen-bond acceptors (Lipinski definition) is 4. The normalized spacial score (nSPS) is 17.2. The van der Waals surface area contributed by atoms with Gasteiger partial charge in [0.2, 0.25) is 12.0 Å². The molecule has 1 unspecified atom stereocenters. The first-order valence-electron chi connectivity index (χ1n) is 8.82. The van der Waals surface area contributed by atoms with Crippen molar-refractivity contribution < 1.29 is 32.2 Å². The lowest BCUT2D eigenvalue weighted by atomic mass is 9.84. The Kier molecular flexibility index (Phi) is 5.06. The van der Waals surface area contributed by atoms with E-state index in [1.807, 2.05) is 5.32 Å². The summed E-state index contributed by atoms with van der Waals surface area (Å²) in [6.45, 7) is 4.21. The molecule has 3 rings (SSSR count). The van der Waals surface area contributed by atoms with Gasteiger partial charge in [-0.3, -0.25) is 4.79 Å². The molecule has 1 aromatic heterocycles. The number of ether oxygens (including phenoxy) is 1. The summed E-state index contributed by atoms with van der Waals surface area (Å²) < 4.78 is 60.8. The van der Waals surface area contributed by atoms with Crippen LogP contribution in [0.5, 0.6) is 5.75 Å². The number of nitrogens with one attached hydrogen (secondary N) is 1. The number of amides is 1. The van der Waals surface area contributed by atoms with Gasteiger partial charge in [-0.15, -0.1) is 0 Å². The third-order valence-corrected chi connectivity index (χ3v) is 5.04. The molecule has 1 atom stereocenters. The minimum Gasteiger partial charge on any atom is -0.490 e.